The maximum Gasteiger partial charge on any atom is 0.196 e. The van der Waals surface area contributed by atoms with Gasteiger partial charge in [0.15, 0.2) is 11.6 Å². The summed E-state index contributed by atoms with van der Waals surface area (Å²) < 4.78 is 1.20. The van der Waals surface area contributed by atoms with Crippen LogP contribution in [0.4, 0.5) is 0 Å². The summed E-state index contributed by atoms with van der Waals surface area (Å²) in [5.74, 6) is 5.44. The molecule has 48 valence electrons. The van der Waals surface area contributed by atoms with E-state index in [1.807, 2.05) is 0 Å². The van der Waals surface area contributed by atoms with Crippen LogP contribution < -0.4 is 5.84 Å². The number of ketones is 1. The zero-order valence-electron chi connectivity index (χ0n) is 5.03. The Labute approximate surface area is 52.3 Å². The van der Waals surface area contributed by atoms with Crippen LogP contribution in [0, 0.1) is 0 Å². The van der Waals surface area contributed by atoms with Crippen molar-refractivity contribution in [2.75, 3.05) is 5.84 Å². The van der Waals surface area contributed by atoms with E-state index in [0.29, 0.717) is 0 Å². The van der Waals surface area contributed by atoms with Gasteiger partial charge in [-0.3, -0.25) is 4.79 Å². The molecule has 1 aromatic rings. The van der Waals surface area contributed by atoms with Crippen molar-refractivity contribution in [2.24, 2.45) is 0 Å². The van der Waals surface area contributed by atoms with Crippen molar-refractivity contribution in [3.8, 4) is 0 Å². The van der Waals surface area contributed by atoms with Crippen molar-refractivity contribution < 1.29 is 4.79 Å². The van der Waals surface area contributed by atoms with Gasteiger partial charge in [-0.15, -0.1) is 0 Å². The Morgan fingerprint density at radius 1 is 1.89 bits per heavy atom. The number of nitrogens with zero attached hydrogens (tertiary/aromatic N) is 2. The van der Waals surface area contributed by atoms with E-state index in [2.05, 4.69) is 4.98 Å². The SMILES string of the molecule is CC(=O)c1nccn1N. The van der Waals surface area contributed by atoms with Crippen molar-refractivity contribution in [1.82, 2.24) is 9.66 Å². The molecule has 1 heterocycles. The number of rotatable bonds is 1. The van der Waals surface area contributed by atoms with Crippen LogP contribution in [-0.4, -0.2) is 15.4 Å². The van der Waals surface area contributed by atoms with Crippen LogP contribution in [0.3, 0.4) is 0 Å². The highest BCUT2D eigenvalue weighted by atomic mass is 16.1. The molecular weight excluding hydrogens is 118 g/mol. The summed E-state index contributed by atoms with van der Waals surface area (Å²) in [6.07, 6.45) is 3.01. The summed E-state index contributed by atoms with van der Waals surface area (Å²) in [5, 5.41) is 0. The van der Waals surface area contributed by atoms with Gasteiger partial charge in [0.2, 0.25) is 0 Å². The number of nitrogen functional groups attached to an aromatic ring is 1. The minimum atomic E-state index is -0.123. The summed E-state index contributed by atoms with van der Waals surface area (Å²) in [7, 11) is 0. The topological polar surface area (TPSA) is 60.9 Å². The number of nitrogens with two attached hydrogens (primary N) is 1. The fourth-order valence-electron chi connectivity index (χ4n) is 0.586. The van der Waals surface area contributed by atoms with Crippen LogP contribution in [0.1, 0.15) is 17.5 Å². The number of aromatic nitrogens is 2. The predicted molar refractivity (Wildman–Crippen MR) is 32.4 cm³/mol. The molecular formula is C5H7N3O. The first kappa shape index (κ1) is 5.81. The van der Waals surface area contributed by atoms with E-state index in [4.69, 9.17) is 5.84 Å². The number of hydrogen-bond acceptors (Lipinski definition) is 3. The van der Waals surface area contributed by atoms with Crippen molar-refractivity contribution >= 4 is 5.78 Å². The molecule has 0 amide bonds. The Kier molecular flexibility index (Phi) is 1.22. The largest absolute Gasteiger partial charge is 0.338 e. The molecule has 0 radical (unpaired) electrons. The van der Waals surface area contributed by atoms with Gasteiger partial charge in [0.25, 0.3) is 0 Å². The van der Waals surface area contributed by atoms with Crippen LogP contribution in [-0.2, 0) is 0 Å². The van der Waals surface area contributed by atoms with Gasteiger partial charge in [-0.05, 0) is 0 Å². The van der Waals surface area contributed by atoms with Gasteiger partial charge in [-0.25, -0.2) is 9.66 Å². The molecule has 2 N–H and O–H groups in total. The van der Waals surface area contributed by atoms with Crippen LogP contribution in [0.2, 0.25) is 0 Å². The third kappa shape index (κ3) is 0.910. The number of Topliss-reactive ketones (excluding diaryl/α,β-unsaturated/α-hetero) is 1. The first-order valence-electron chi connectivity index (χ1n) is 2.51. The van der Waals surface area contributed by atoms with Gasteiger partial charge in [-0.1, -0.05) is 0 Å². The molecule has 0 aliphatic rings. The van der Waals surface area contributed by atoms with Crippen molar-refractivity contribution in [3.05, 3.63) is 18.2 Å². The van der Waals surface area contributed by atoms with Crippen molar-refractivity contribution in [3.63, 3.8) is 0 Å². The van der Waals surface area contributed by atoms with Crippen molar-refractivity contribution in [1.29, 1.82) is 0 Å². The summed E-state index contributed by atoms with van der Waals surface area (Å²) in [6, 6.07) is 0. The minimum absolute atomic E-state index is 0.123. The molecule has 0 saturated carbocycles. The second-order valence-corrected chi connectivity index (χ2v) is 1.71. The van der Waals surface area contributed by atoms with E-state index in [1.165, 1.54) is 24.0 Å². The second kappa shape index (κ2) is 1.89. The fraction of sp³-hybridized carbons (Fsp3) is 0.200. The third-order valence-electron chi connectivity index (χ3n) is 0.984. The normalized spacial score (nSPS) is 9.44. The maximum atomic E-state index is 10.6. The fourth-order valence-corrected chi connectivity index (χ4v) is 0.586. The molecule has 1 rings (SSSR count). The number of carbonyl (C=O) groups is 1. The number of hydrogen-bond donors (Lipinski definition) is 1. The standard InChI is InChI=1S/C5H7N3O/c1-4(9)5-7-2-3-8(5)6/h2-3H,6H2,1H3. The Hall–Kier alpha value is -1.32. The molecule has 0 fully saturated rings. The van der Waals surface area contributed by atoms with Gasteiger partial charge in [0.1, 0.15) is 0 Å². The molecule has 4 nitrogen and oxygen atoms in total. The van der Waals surface area contributed by atoms with Crippen LogP contribution in [0.15, 0.2) is 12.4 Å². The van der Waals surface area contributed by atoms with Gasteiger partial charge < -0.3 is 5.84 Å². The third-order valence-corrected chi connectivity index (χ3v) is 0.984. The summed E-state index contributed by atoms with van der Waals surface area (Å²) in [6.45, 7) is 1.42. The summed E-state index contributed by atoms with van der Waals surface area (Å²) in [4.78, 5) is 14.3. The Balaban J connectivity index is 3.08. The molecule has 0 aromatic carbocycles. The second-order valence-electron chi connectivity index (χ2n) is 1.71. The quantitative estimate of drug-likeness (QED) is 0.417. The zero-order chi connectivity index (χ0) is 6.85. The van der Waals surface area contributed by atoms with E-state index >= 15 is 0 Å². The monoisotopic (exact) mass is 125 g/mol. The first-order valence-corrected chi connectivity index (χ1v) is 2.51. The van der Waals surface area contributed by atoms with E-state index in [-0.39, 0.29) is 11.6 Å². The highest BCUT2D eigenvalue weighted by Gasteiger charge is 2.02. The van der Waals surface area contributed by atoms with Crippen LogP contribution in [0.25, 0.3) is 0 Å². The molecule has 0 aliphatic carbocycles. The zero-order valence-corrected chi connectivity index (χ0v) is 5.03. The molecule has 1 aromatic heterocycles. The number of imidazole rings is 1. The molecule has 0 atom stereocenters. The average Bonchev–Trinajstić information content (AvgIpc) is 2.13. The lowest BCUT2D eigenvalue weighted by Gasteiger charge is -1.92. The van der Waals surface area contributed by atoms with Crippen molar-refractivity contribution in [2.45, 2.75) is 6.92 Å². The minimum Gasteiger partial charge on any atom is -0.338 e. The molecule has 9 heavy (non-hydrogen) atoms. The summed E-state index contributed by atoms with van der Waals surface area (Å²) >= 11 is 0. The molecule has 0 unspecified atom stereocenters. The molecule has 0 spiro atoms. The molecule has 4 heteroatoms. The lowest BCUT2D eigenvalue weighted by atomic mass is 10.4. The average molecular weight is 125 g/mol. The van der Waals surface area contributed by atoms with Crippen LogP contribution >= 0.6 is 0 Å². The Morgan fingerprint density at radius 3 is 2.78 bits per heavy atom. The highest BCUT2D eigenvalue weighted by molar-refractivity contribution is 5.90. The first-order chi connectivity index (χ1) is 4.22. The lowest BCUT2D eigenvalue weighted by molar-refractivity contribution is 0.100. The molecule has 0 bridgehead atoms. The van der Waals surface area contributed by atoms with E-state index in [0.717, 1.165) is 0 Å². The molecule has 0 aliphatic heterocycles. The summed E-state index contributed by atoms with van der Waals surface area (Å²) in [5.41, 5.74) is 0. The van der Waals surface area contributed by atoms with E-state index in [9.17, 15) is 4.79 Å². The van der Waals surface area contributed by atoms with E-state index < -0.39 is 0 Å². The van der Waals surface area contributed by atoms with Gasteiger partial charge in [0, 0.05) is 19.3 Å². The Morgan fingerprint density at radius 2 is 2.56 bits per heavy atom. The lowest BCUT2D eigenvalue weighted by Crippen LogP contribution is -2.14. The highest BCUT2D eigenvalue weighted by Crippen LogP contribution is 1.90. The molecule has 0 saturated heterocycles. The van der Waals surface area contributed by atoms with Crippen LogP contribution in [0.5, 0.6) is 0 Å². The predicted octanol–water partition coefficient (Wildman–Crippen LogP) is -0.201. The van der Waals surface area contributed by atoms with E-state index in [1.54, 1.807) is 0 Å². The smallest absolute Gasteiger partial charge is 0.196 e. The maximum absolute atomic E-state index is 10.6. The van der Waals surface area contributed by atoms with Gasteiger partial charge in [-0.2, -0.15) is 0 Å². The van der Waals surface area contributed by atoms with Gasteiger partial charge >= 0.3 is 0 Å². The Bertz CT molecular complexity index is 228. The van der Waals surface area contributed by atoms with Gasteiger partial charge in [0.05, 0.1) is 0 Å². The number of carbonyl (C=O) groups excluding carboxylic acids is 1.